The smallest absolute Gasteiger partial charge is 0.254 e. The van der Waals surface area contributed by atoms with Crippen molar-refractivity contribution in [3.05, 3.63) is 23.8 Å². The number of aromatic hydroxyl groups is 1. The normalized spacial score (nSPS) is 10.5. The van der Waals surface area contributed by atoms with Crippen LogP contribution in [-0.4, -0.2) is 29.7 Å². The van der Waals surface area contributed by atoms with Crippen LogP contribution in [0.5, 0.6) is 11.5 Å². The minimum Gasteiger partial charge on any atom is -0.504 e. The first-order chi connectivity index (χ1) is 8.17. The fourth-order valence-corrected chi connectivity index (χ4v) is 1.15. The fraction of sp³-hybridized carbons (Fsp3) is 0.273. The van der Waals surface area contributed by atoms with Crippen molar-refractivity contribution in [1.29, 1.82) is 0 Å². The first-order valence-corrected chi connectivity index (χ1v) is 5.54. The number of nitrogens with zero attached hydrogens (tertiary/aromatic N) is 1. The number of phenolic OH excluding ortho intramolecular Hbond substituents is 1. The SMILES string of the molecule is CCOc1cc(/C=N/NC(=O)CCl)ccc1O. The van der Waals surface area contributed by atoms with Crippen molar-refractivity contribution >= 4 is 23.7 Å². The molecule has 2 N–H and O–H groups in total. The van der Waals surface area contributed by atoms with Crippen molar-refractivity contribution in [3.63, 3.8) is 0 Å². The highest BCUT2D eigenvalue weighted by Gasteiger charge is 2.02. The highest BCUT2D eigenvalue weighted by molar-refractivity contribution is 6.27. The Labute approximate surface area is 104 Å². The van der Waals surface area contributed by atoms with Gasteiger partial charge in [0.2, 0.25) is 0 Å². The number of amides is 1. The molecule has 0 saturated heterocycles. The first kappa shape index (κ1) is 13.3. The quantitative estimate of drug-likeness (QED) is 0.476. The summed E-state index contributed by atoms with van der Waals surface area (Å²) >= 11 is 5.28. The van der Waals surface area contributed by atoms with Crippen LogP contribution in [0.3, 0.4) is 0 Å². The lowest BCUT2D eigenvalue weighted by Crippen LogP contribution is -2.18. The lowest BCUT2D eigenvalue weighted by atomic mass is 10.2. The van der Waals surface area contributed by atoms with Crippen LogP contribution in [0.15, 0.2) is 23.3 Å². The number of hydrazone groups is 1. The zero-order valence-corrected chi connectivity index (χ0v) is 10.1. The second kappa shape index (κ2) is 6.75. The maximum atomic E-state index is 10.8. The van der Waals surface area contributed by atoms with Gasteiger partial charge in [-0.2, -0.15) is 5.10 Å². The van der Waals surface area contributed by atoms with Crippen molar-refractivity contribution in [3.8, 4) is 11.5 Å². The van der Waals surface area contributed by atoms with E-state index in [1.54, 1.807) is 12.1 Å². The number of hydrogen-bond acceptors (Lipinski definition) is 4. The molecule has 6 heteroatoms. The van der Waals surface area contributed by atoms with E-state index in [2.05, 4.69) is 10.5 Å². The van der Waals surface area contributed by atoms with Gasteiger partial charge in [0.25, 0.3) is 5.91 Å². The molecule has 0 atom stereocenters. The molecule has 17 heavy (non-hydrogen) atoms. The summed E-state index contributed by atoms with van der Waals surface area (Å²) in [5.74, 6) is -0.0856. The molecule has 1 amide bonds. The maximum absolute atomic E-state index is 10.8. The molecule has 0 saturated carbocycles. The van der Waals surface area contributed by atoms with Crippen LogP contribution >= 0.6 is 11.6 Å². The van der Waals surface area contributed by atoms with Crippen LogP contribution in [0, 0.1) is 0 Å². The Hall–Kier alpha value is -1.75. The Balaban J connectivity index is 2.71. The molecule has 0 spiro atoms. The third-order valence-corrected chi connectivity index (χ3v) is 2.05. The number of halogens is 1. The molecule has 0 bridgehead atoms. The van der Waals surface area contributed by atoms with E-state index in [-0.39, 0.29) is 17.5 Å². The summed E-state index contributed by atoms with van der Waals surface area (Å²) in [6.07, 6.45) is 1.44. The van der Waals surface area contributed by atoms with E-state index >= 15 is 0 Å². The predicted octanol–water partition coefficient (Wildman–Crippen LogP) is 1.48. The first-order valence-electron chi connectivity index (χ1n) is 5.01. The molecule has 0 aliphatic heterocycles. The van der Waals surface area contributed by atoms with Crippen molar-refractivity contribution < 1.29 is 14.6 Å². The molecule has 0 radical (unpaired) electrons. The summed E-state index contributed by atoms with van der Waals surface area (Å²) in [5, 5.41) is 13.2. The summed E-state index contributed by atoms with van der Waals surface area (Å²) in [6.45, 7) is 2.28. The van der Waals surface area contributed by atoms with Gasteiger partial charge >= 0.3 is 0 Å². The van der Waals surface area contributed by atoms with Crippen LogP contribution in [-0.2, 0) is 4.79 Å². The van der Waals surface area contributed by atoms with E-state index in [0.717, 1.165) is 0 Å². The van der Waals surface area contributed by atoms with E-state index in [9.17, 15) is 9.90 Å². The van der Waals surface area contributed by atoms with E-state index in [0.29, 0.717) is 17.9 Å². The van der Waals surface area contributed by atoms with Gasteiger partial charge in [-0.15, -0.1) is 11.6 Å². The van der Waals surface area contributed by atoms with Crippen LogP contribution < -0.4 is 10.2 Å². The Bertz CT molecular complexity index is 421. The second-order valence-corrected chi connectivity index (χ2v) is 3.35. The molecular weight excluding hydrogens is 244 g/mol. The van der Waals surface area contributed by atoms with E-state index < -0.39 is 0 Å². The average molecular weight is 257 g/mol. The fourth-order valence-electron chi connectivity index (χ4n) is 1.09. The Morgan fingerprint density at radius 3 is 3.06 bits per heavy atom. The third kappa shape index (κ3) is 4.32. The highest BCUT2D eigenvalue weighted by Crippen LogP contribution is 2.25. The standard InChI is InChI=1S/C11H13ClN2O3/c1-2-17-10-5-8(3-4-9(10)15)7-13-14-11(16)6-12/h3-5,7,15H,2,6H2,1H3,(H,14,16)/b13-7+. The highest BCUT2D eigenvalue weighted by atomic mass is 35.5. The van der Waals surface area contributed by atoms with Gasteiger partial charge in [-0.1, -0.05) is 0 Å². The number of alkyl halides is 1. The van der Waals surface area contributed by atoms with Crippen molar-refractivity contribution in [2.45, 2.75) is 6.92 Å². The van der Waals surface area contributed by atoms with Gasteiger partial charge < -0.3 is 9.84 Å². The molecule has 0 fully saturated rings. The minimum absolute atomic E-state index is 0.0637. The number of benzene rings is 1. The summed E-state index contributed by atoms with van der Waals surface area (Å²) in [7, 11) is 0. The average Bonchev–Trinajstić information content (AvgIpc) is 2.33. The van der Waals surface area contributed by atoms with Gasteiger partial charge in [-0.3, -0.25) is 4.79 Å². The van der Waals surface area contributed by atoms with Gasteiger partial charge in [0.1, 0.15) is 5.88 Å². The lowest BCUT2D eigenvalue weighted by Gasteiger charge is -2.05. The summed E-state index contributed by atoms with van der Waals surface area (Å²) < 4.78 is 5.21. The van der Waals surface area contributed by atoms with E-state index in [1.807, 2.05) is 6.92 Å². The lowest BCUT2D eigenvalue weighted by molar-refractivity contribution is -0.118. The topological polar surface area (TPSA) is 70.9 Å². The van der Waals surface area contributed by atoms with Crippen LogP contribution in [0.4, 0.5) is 0 Å². The van der Waals surface area contributed by atoms with Gasteiger partial charge in [0.05, 0.1) is 12.8 Å². The molecule has 0 heterocycles. The largest absolute Gasteiger partial charge is 0.504 e. The molecule has 0 aliphatic carbocycles. The molecule has 0 unspecified atom stereocenters. The number of nitrogens with one attached hydrogen (secondary N) is 1. The molecule has 0 aromatic heterocycles. The maximum Gasteiger partial charge on any atom is 0.254 e. The van der Waals surface area contributed by atoms with E-state index in [4.69, 9.17) is 16.3 Å². The van der Waals surface area contributed by atoms with Crippen molar-refractivity contribution in [1.82, 2.24) is 5.43 Å². The number of carbonyl (C=O) groups is 1. The van der Waals surface area contributed by atoms with E-state index in [1.165, 1.54) is 12.3 Å². The predicted molar refractivity (Wildman–Crippen MR) is 65.7 cm³/mol. The Kier molecular flexibility index (Phi) is 5.29. The zero-order chi connectivity index (χ0) is 12.7. The summed E-state index contributed by atoms with van der Waals surface area (Å²) in [4.78, 5) is 10.8. The van der Waals surface area contributed by atoms with Gasteiger partial charge in [0, 0.05) is 0 Å². The molecule has 1 aromatic rings. The molecule has 5 nitrogen and oxygen atoms in total. The number of phenols is 1. The van der Waals surface area contributed by atoms with Gasteiger partial charge in [0.15, 0.2) is 11.5 Å². The van der Waals surface area contributed by atoms with Crippen molar-refractivity contribution in [2.75, 3.05) is 12.5 Å². The Morgan fingerprint density at radius 1 is 1.65 bits per heavy atom. The van der Waals surface area contributed by atoms with Gasteiger partial charge in [-0.25, -0.2) is 5.43 Å². The molecular formula is C11H13ClN2O3. The van der Waals surface area contributed by atoms with Gasteiger partial charge in [-0.05, 0) is 30.7 Å². The number of rotatable bonds is 5. The Morgan fingerprint density at radius 2 is 2.41 bits per heavy atom. The zero-order valence-electron chi connectivity index (χ0n) is 9.31. The minimum atomic E-state index is -0.383. The van der Waals surface area contributed by atoms with Crippen LogP contribution in [0.25, 0.3) is 0 Å². The van der Waals surface area contributed by atoms with Crippen LogP contribution in [0.2, 0.25) is 0 Å². The monoisotopic (exact) mass is 256 g/mol. The number of carbonyl (C=O) groups excluding carboxylic acids is 1. The summed E-state index contributed by atoms with van der Waals surface area (Å²) in [6, 6.07) is 4.76. The molecule has 1 aromatic carbocycles. The van der Waals surface area contributed by atoms with Crippen molar-refractivity contribution in [2.24, 2.45) is 5.10 Å². The second-order valence-electron chi connectivity index (χ2n) is 3.09. The number of ether oxygens (including phenoxy) is 1. The summed E-state index contributed by atoms with van der Waals surface area (Å²) in [5.41, 5.74) is 2.94. The third-order valence-electron chi connectivity index (χ3n) is 1.81. The van der Waals surface area contributed by atoms with Crippen LogP contribution in [0.1, 0.15) is 12.5 Å². The number of hydrogen-bond donors (Lipinski definition) is 2. The molecule has 1 rings (SSSR count). The molecule has 0 aliphatic rings. The molecule has 92 valence electrons.